The lowest BCUT2D eigenvalue weighted by atomic mass is 10.1. The summed E-state index contributed by atoms with van der Waals surface area (Å²) in [6.45, 7) is 3.42. The molecule has 2 rings (SSSR count). The molecule has 8 heteroatoms. The Balaban J connectivity index is 2.40. The molecule has 0 aliphatic carbocycles. The van der Waals surface area contributed by atoms with Crippen molar-refractivity contribution in [1.82, 2.24) is 0 Å². The highest BCUT2D eigenvalue weighted by atomic mass is 32.2. The van der Waals surface area contributed by atoms with Crippen LogP contribution in [-0.4, -0.2) is 41.7 Å². The Labute approximate surface area is 160 Å². The molecule has 0 saturated carbocycles. The van der Waals surface area contributed by atoms with E-state index in [1.54, 1.807) is 44.2 Å². The van der Waals surface area contributed by atoms with Crippen LogP contribution in [0.5, 0.6) is 0 Å². The first-order valence-corrected chi connectivity index (χ1v) is 9.03. The van der Waals surface area contributed by atoms with E-state index in [0.29, 0.717) is 16.0 Å². The van der Waals surface area contributed by atoms with Gasteiger partial charge in [0.25, 0.3) is 0 Å². The van der Waals surface area contributed by atoms with Crippen molar-refractivity contribution in [3.63, 3.8) is 0 Å². The zero-order valence-electron chi connectivity index (χ0n) is 15.1. The van der Waals surface area contributed by atoms with E-state index in [-0.39, 0.29) is 29.4 Å². The summed E-state index contributed by atoms with van der Waals surface area (Å²) in [5.41, 5.74) is 0.950. The minimum Gasteiger partial charge on any atom is -0.506 e. The van der Waals surface area contributed by atoms with E-state index in [0.717, 1.165) is 11.8 Å². The Bertz CT molecular complexity index is 851. The number of hydrogen-bond donors (Lipinski definition) is 1. The number of hydrogen-bond acceptors (Lipinski definition) is 7. The third-order valence-corrected chi connectivity index (χ3v) is 4.55. The van der Waals surface area contributed by atoms with Gasteiger partial charge in [-0.2, -0.15) is 0 Å². The largest absolute Gasteiger partial charge is 0.506 e. The quantitative estimate of drug-likeness (QED) is 0.771. The second kappa shape index (κ2) is 9.18. The van der Waals surface area contributed by atoms with E-state index in [4.69, 9.17) is 4.74 Å². The van der Waals surface area contributed by atoms with E-state index in [9.17, 15) is 19.5 Å². The monoisotopic (exact) mass is 389 g/mol. The Morgan fingerprint density at radius 1 is 1.15 bits per heavy atom. The molecule has 1 heterocycles. The van der Waals surface area contributed by atoms with Crippen molar-refractivity contribution in [3.8, 4) is 0 Å². The molecular weight excluding hydrogens is 370 g/mol. The second-order valence-corrected chi connectivity index (χ2v) is 6.36. The summed E-state index contributed by atoms with van der Waals surface area (Å²) in [6, 6.07) is 6.51. The Morgan fingerprint density at radius 2 is 1.81 bits per heavy atom. The van der Waals surface area contributed by atoms with Crippen LogP contribution in [0.4, 0.5) is 0 Å². The van der Waals surface area contributed by atoms with Gasteiger partial charge in [0, 0.05) is 6.42 Å². The number of nitrogens with zero attached hydrogens (tertiary/aromatic N) is 1. The van der Waals surface area contributed by atoms with Gasteiger partial charge in [0.15, 0.2) is 0 Å². The van der Waals surface area contributed by atoms with Crippen LogP contribution >= 0.6 is 11.8 Å². The molecule has 1 amide bonds. The number of rotatable bonds is 5. The number of esters is 2. The highest BCUT2D eigenvalue weighted by Crippen LogP contribution is 2.39. The van der Waals surface area contributed by atoms with Crippen LogP contribution in [0, 0.1) is 0 Å². The van der Waals surface area contributed by atoms with Crippen molar-refractivity contribution in [2.75, 3.05) is 13.7 Å². The number of aliphatic hydroxyl groups is 1. The van der Waals surface area contributed by atoms with Crippen molar-refractivity contribution < 1.29 is 29.0 Å². The van der Waals surface area contributed by atoms with Gasteiger partial charge < -0.3 is 14.6 Å². The molecule has 0 fully saturated rings. The smallest absolute Gasteiger partial charge is 0.344 e. The number of carbonyl (C=O) groups is 3. The predicted molar refractivity (Wildman–Crippen MR) is 102 cm³/mol. The summed E-state index contributed by atoms with van der Waals surface area (Å²) in [5.74, 6) is -1.90. The van der Waals surface area contributed by atoms with Gasteiger partial charge in [-0.1, -0.05) is 30.8 Å². The molecule has 7 nitrogen and oxygen atoms in total. The van der Waals surface area contributed by atoms with Crippen molar-refractivity contribution in [3.05, 3.63) is 51.6 Å². The molecule has 0 unspecified atom stereocenters. The maximum absolute atomic E-state index is 12.2. The lowest BCUT2D eigenvalue weighted by molar-refractivity contribution is -0.138. The molecule has 27 heavy (non-hydrogen) atoms. The van der Waals surface area contributed by atoms with E-state index in [1.807, 2.05) is 0 Å². The maximum Gasteiger partial charge on any atom is 0.344 e. The lowest BCUT2D eigenvalue weighted by Gasteiger charge is -2.02. The minimum atomic E-state index is -0.741. The molecule has 1 aliphatic rings. The first kappa shape index (κ1) is 20.4. The molecule has 1 N–H and O–H groups in total. The highest BCUT2D eigenvalue weighted by Gasteiger charge is 2.33. The van der Waals surface area contributed by atoms with Crippen LogP contribution in [0.1, 0.15) is 36.2 Å². The van der Waals surface area contributed by atoms with Crippen LogP contribution in [0.25, 0.3) is 6.08 Å². The number of thioether (sulfide) groups is 1. The van der Waals surface area contributed by atoms with Gasteiger partial charge in [0.1, 0.15) is 16.4 Å². The molecule has 1 aliphatic heterocycles. The third kappa shape index (κ3) is 4.85. The topological polar surface area (TPSA) is 102 Å². The third-order valence-electron chi connectivity index (χ3n) is 3.53. The number of carbonyl (C=O) groups excluding carboxylic acids is 3. The van der Waals surface area contributed by atoms with E-state index < -0.39 is 17.8 Å². The molecule has 1 aromatic carbocycles. The van der Waals surface area contributed by atoms with Crippen LogP contribution in [0.2, 0.25) is 0 Å². The van der Waals surface area contributed by atoms with Gasteiger partial charge in [-0.25, -0.2) is 14.6 Å². The summed E-state index contributed by atoms with van der Waals surface area (Å²) in [6.07, 6.45) is 1.80. The fraction of sp³-hybridized carbons (Fsp3) is 0.263. The van der Waals surface area contributed by atoms with Crippen LogP contribution in [0.15, 0.2) is 45.5 Å². The summed E-state index contributed by atoms with van der Waals surface area (Å²) in [4.78, 5) is 39.6. The molecular formula is C19H19NO6S. The Kier molecular flexibility index (Phi) is 6.95. The van der Waals surface area contributed by atoms with Gasteiger partial charge in [-0.3, -0.25) is 4.79 Å². The van der Waals surface area contributed by atoms with Crippen LogP contribution in [-0.2, 0) is 19.1 Å². The van der Waals surface area contributed by atoms with Crippen LogP contribution < -0.4 is 0 Å². The summed E-state index contributed by atoms with van der Waals surface area (Å²) in [7, 11) is 1.30. The maximum atomic E-state index is 12.2. The van der Waals surface area contributed by atoms with E-state index in [1.165, 1.54) is 7.11 Å². The molecule has 0 aromatic heterocycles. The van der Waals surface area contributed by atoms with Crippen molar-refractivity contribution >= 4 is 40.7 Å². The fourth-order valence-corrected chi connectivity index (χ4v) is 3.20. The van der Waals surface area contributed by atoms with Gasteiger partial charge in [0.05, 0.1) is 24.2 Å². The lowest BCUT2D eigenvalue weighted by Crippen LogP contribution is -2.14. The Morgan fingerprint density at radius 3 is 2.37 bits per heavy atom. The number of aliphatic imine (C=N–C) groups is 1. The molecule has 0 radical (unpaired) electrons. The summed E-state index contributed by atoms with van der Waals surface area (Å²) < 4.78 is 9.60. The molecule has 0 bridgehead atoms. The zero-order chi connectivity index (χ0) is 20.0. The first-order chi connectivity index (χ1) is 12.9. The molecule has 0 atom stereocenters. The van der Waals surface area contributed by atoms with Crippen LogP contribution in [0.3, 0.4) is 0 Å². The van der Waals surface area contributed by atoms with Crippen molar-refractivity contribution in [1.29, 1.82) is 0 Å². The van der Waals surface area contributed by atoms with E-state index >= 15 is 0 Å². The predicted octanol–water partition coefficient (Wildman–Crippen LogP) is 3.27. The highest BCUT2D eigenvalue weighted by molar-refractivity contribution is 8.18. The van der Waals surface area contributed by atoms with Crippen molar-refractivity contribution in [2.24, 2.45) is 4.99 Å². The Hall–Kier alpha value is -2.87. The molecule has 0 saturated heterocycles. The SMILES string of the molecule is CCOC(=O)C1=C(O)/C(=C/c2ccc(C(=O)OC)cc2)SC1=NC(=O)CC. The summed E-state index contributed by atoms with van der Waals surface area (Å²) >= 11 is 1.01. The first-order valence-electron chi connectivity index (χ1n) is 8.21. The minimum absolute atomic E-state index is 0.107. The summed E-state index contributed by atoms with van der Waals surface area (Å²) in [5, 5.41) is 10.6. The normalized spacial score (nSPS) is 16.7. The van der Waals surface area contributed by atoms with Crippen molar-refractivity contribution in [2.45, 2.75) is 20.3 Å². The zero-order valence-corrected chi connectivity index (χ0v) is 16.0. The van der Waals surface area contributed by atoms with Gasteiger partial charge in [0.2, 0.25) is 5.91 Å². The number of methoxy groups -OCH3 is 1. The fourth-order valence-electron chi connectivity index (χ4n) is 2.17. The molecule has 0 spiro atoms. The average Bonchev–Trinajstić information content (AvgIpc) is 2.96. The number of ether oxygens (including phenoxy) is 2. The standard InChI is InChI=1S/C19H19NO6S/c1-4-14(21)20-17-15(19(24)26-5-2)16(22)13(27-17)10-11-6-8-12(9-7-11)18(23)25-3/h6-10,22H,4-5H2,1-3H3/b13-10-,20-17?. The molecule has 142 valence electrons. The number of aliphatic hydroxyl groups excluding tert-OH is 1. The molecule has 1 aromatic rings. The van der Waals surface area contributed by atoms with Gasteiger partial charge >= 0.3 is 11.9 Å². The van der Waals surface area contributed by atoms with Gasteiger partial charge in [-0.15, -0.1) is 0 Å². The number of amides is 1. The second-order valence-electron chi connectivity index (χ2n) is 5.33. The van der Waals surface area contributed by atoms with E-state index in [2.05, 4.69) is 9.73 Å². The van der Waals surface area contributed by atoms with Gasteiger partial charge in [-0.05, 0) is 30.7 Å². The number of benzene rings is 1. The average molecular weight is 389 g/mol.